The van der Waals surface area contributed by atoms with Gasteiger partial charge in [-0.25, -0.2) is 4.98 Å². The van der Waals surface area contributed by atoms with Crippen LogP contribution in [0.3, 0.4) is 0 Å². The molecule has 0 amide bonds. The molecule has 20 heavy (non-hydrogen) atoms. The number of aryl methyl sites for hydroxylation is 1. The van der Waals surface area contributed by atoms with Crippen LogP contribution in [0, 0.1) is 6.92 Å². The van der Waals surface area contributed by atoms with Crippen molar-refractivity contribution in [2.24, 2.45) is 0 Å². The van der Waals surface area contributed by atoms with Crippen molar-refractivity contribution in [2.45, 2.75) is 18.4 Å². The summed E-state index contributed by atoms with van der Waals surface area (Å²) >= 11 is 1.68. The average molecular weight is 286 g/mol. The lowest BCUT2D eigenvalue weighted by Crippen LogP contribution is -2.15. The number of fused-ring (bicyclic) bond motifs is 1. The van der Waals surface area contributed by atoms with E-state index in [2.05, 4.69) is 4.98 Å². The molecule has 0 fully saturated rings. The Hall–Kier alpha value is -2.01. The predicted molar refractivity (Wildman–Crippen MR) is 79.9 cm³/mol. The lowest BCUT2D eigenvalue weighted by atomic mass is 10.3. The molecule has 0 saturated heterocycles. The molecule has 4 nitrogen and oxygen atoms in total. The molecule has 5 heteroatoms. The minimum Gasteiger partial charge on any atom is -0.468 e. The first kappa shape index (κ1) is 13.0. The van der Waals surface area contributed by atoms with Gasteiger partial charge in [0.2, 0.25) is 0 Å². The fourth-order valence-electron chi connectivity index (χ4n) is 2.03. The van der Waals surface area contributed by atoms with Gasteiger partial charge in [0.25, 0.3) is 5.56 Å². The van der Waals surface area contributed by atoms with Crippen LogP contribution in [-0.4, -0.2) is 9.38 Å². The Kier molecular flexibility index (Phi) is 3.60. The molecule has 0 bridgehead atoms. The molecule has 3 aromatic heterocycles. The van der Waals surface area contributed by atoms with Crippen molar-refractivity contribution in [3.05, 3.63) is 70.2 Å². The van der Waals surface area contributed by atoms with Crippen molar-refractivity contribution in [1.29, 1.82) is 0 Å². The molecule has 0 aromatic carbocycles. The predicted octanol–water partition coefficient (Wildman–Crippen LogP) is 3.03. The summed E-state index contributed by atoms with van der Waals surface area (Å²) in [6.07, 6.45) is 3.41. The van der Waals surface area contributed by atoms with Crippen LogP contribution >= 0.6 is 11.8 Å². The molecular formula is C15H14N2O2S. The number of hydrogen-bond acceptors (Lipinski definition) is 4. The summed E-state index contributed by atoms with van der Waals surface area (Å²) in [5, 5.41) is 0. The zero-order valence-corrected chi connectivity index (χ0v) is 11.9. The molecule has 0 aliphatic carbocycles. The first-order valence-electron chi connectivity index (χ1n) is 6.32. The van der Waals surface area contributed by atoms with Gasteiger partial charge >= 0.3 is 0 Å². The van der Waals surface area contributed by atoms with Gasteiger partial charge in [-0.15, -0.1) is 11.8 Å². The fourth-order valence-corrected chi connectivity index (χ4v) is 2.86. The minimum atomic E-state index is -0.0349. The van der Waals surface area contributed by atoms with Gasteiger partial charge < -0.3 is 4.42 Å². The van der Waals surface area contributed by atoms with Crippen LogP contribution in [0.1, 0.15) is 17.0 Å². The van der Waals surface area contributed by atoms with Crippen molar-refractivity contribution < 1.29 is 4.42 Å². The molecule has 0 N–H and O–H groups in total. The van der Waals surface area contributed by atoms with Crippen LogP contribution in [0.5, 0.6) is 0 Å². The van der Waals surface area contributed by atoms with E-state index in [-0.39, 0.29) is 5.56 Å². The van der Waals surface area contributed by atoms with Crippen LogP contribution in [0.15, 0.2) is 52.0 Å². The fraction of sp³-hybridized carbons (Fsp3) is 0.200. The van der Waals surface area contributed by atoms with E-state index in [0.717, 1.165) is 28.4 Å². The van der Waals surface area contributed by atoms with Crippen molar-refractivity contribution >= 4 is 17.4 Å². The molecule has 102 valence electrons. The first-order chi connectivity index (χ1) is 9.74. The van der Waals surface area contributed by atoms with Crippen molar-refractivity contribution in [3.8, 4) is 0 Å². The van der Waals surface area contributed by atoms with Crippen LogP contribution < -0.4 is 5.56 Å². The third-order valence-electron chi connectivity index (χ3n) is 3.01. The van der Waals surface area contributed by atoms with Crippen LogP contribution in [0.4, 0.5) is 0 Å². The number of aromatic nitrogens is 2. The zero-order chi connectivity index (χ0) is 13.9. The molecule has 3 aromatic rings. The first-order valence-corrected chi connectivity index (χ1v) is 7.47. The monoisotopic (exact) mass is 286 g/mol. The summed E-state index contributed by atoms with van der Waals surface area (Å²) in [6.45, 7) is 1.96. The minimum absolute atomic E-state index is 0.0349. The van der Waals surface area contributed by atoms with Crippen molar-refractivity contribution in [2.75, 3.05) is 0 Å². The van der Waals surface area contributed by atoms with E-state index >= 15 is 0 Å². The number of thioether (sulfide) groups is 1. The van der Waals surface area contributed by atoms with Crippen LogP contribution in [-0.2, 0) is 11.5 Å². The quantitative estimate of drug-likeness (QED) is 0.739. The molecule has 0 aliphatic heterocycles. The van der Waals surface area contributed by atoms with E-state index in [1.165, 1.54) is 0 Å². The molecule has 0 radical (unpaired) electrons. The Morgan fingerprint density at radius 2 is 2.20 bits per heavy atom. The molecule has 3 rings (SSSR count). The maximum absolute atomic E-state index is 12.0. The maximum atomic E-state index is 12.0. The topological polar surface area (TPSA) is 47.5 Å². The van der Waals surface area contributed by atoms with Gasteiger partial charge in [-0.1, -0.05) is 6.07 Å². The summed E-state index contributed by atoms with van der Waals surface area (Å²) in [5.41, 5.74) is 2.50. The third-order valence-corrected chi connectivity index (χ3v) is 4.00. The SMILES string of the molecule is Cc1cccn2c(=O)cc(CSCc3ccco3)nc12. The van der Waals surface area contributed by atoms with Gasteiger partial charge in [-0.3, -0.25) is 9.20 Å². The Balaban J connectivity index is 1.82. The lowest BCUT2D eigenvalue weighted by molar-refractivity contribution is 0.530. The molecule has 0 saturated carbocycles. The molecule has 0 aliphatic rings. The molecular weight excluding hydrogens is 272 g/mol. The van der Waals surface area contributed by atoms with Gasteiger partial charge in [0.15, 0.2) is 0 Å². The number of rotatable bonds is 4. The summed E-state index contributed by atoms with van der Waals surface area (Å²) in [5.74, 6) is 2.41. The van der Waals surface area contributed by atoms with Gasteiger partial charge in [0, 0.05) is 18.0 Å². The lowest BCUT2D eigenvalue weighted by Gasteiger charge is -2.05. The highest BCUT2D eigenvalue weighted by atomic mass is 32.2. The van der Waals surface area contributed by atoms with Gasteiger partial charge in [-0.2, -0.15) is 0 Å². The summed E-state index contributed by atoms with van der Waals surface area (Å²) in [4.78, 5) is 16.6. The maximum Gasteiger partial charge on any atom is 0.258 e. The Morgan fingerprint density at radius 1 is 1.30 bits per heavy atom. The molecule has 0 atom stereocenters. The van der Waals surface area contributed by atoms with Gasteiger partial charge in [-0.05, 0) is 30.7 Å². The van der Waals surface area contributed by atoms with E-state index in [9.17, 15) is 4.79 Å². The summed E-state index contributed by atoms with van der Waals surface area (Å²) in [6, 6.07) is 9.24. The second-order valence-electron chi connectivity index (χ2n) is 4.54. The Labute approximate surface area is 120 Å². The zero-order valence-electron chi connectivity index (χ0n) is 11.1. The largest absolute Gasteiger partial charge is 0.468 e. The smallest absolute Gasteiger partial charge is 0.258 e. The second-order valence-corrected chi connectivity index (χ2v) is 5.53. The molecule has 3 heterocycles. The van der Waals surface area contributed by atoms with E-state index in [1.807, 2.05) is 31.2 Å². The van der Waals surface area contributed by atoms with Gasteiger partial charge in [0.05, 0.1) is 17.7 Å². The standard InChI is InChI=1S/C15H14N2O2S/c1-11-4-2-6-17-14(18)8-12(16-15(11)17)9-20-10-13-5-3-7-19-13/h2-8H,9-10H2,1H3. The number of furan rings is 1. The van der Waals surface area contributed by atoms with Crippen molar-refractivity contribution in [3.63, 3.8) is 0 Å². The number of nitrogens with zero attached hydrogens (tertiary/aromatic N) is 2. The van der Waals surface area contributed by atoms with E-state index in [0.29, 0.717) is 5.75 Å². The normalized spacial score (nSPS) is 11.1. The molecule has 0 unspecified atom stereocenters. The highest BCUT2D eigenvalue weighted by molar-refractivity contribution is 7.97. The second kappa shape index (κ2) is 5.54. The Bertz CT molecular complexity index is 778. The average Bonchev–Trinajstić information content (AvgIpc) is 2.93. The number of pyridine rings is 1. The summed E-state index contributed by atoms with van der Waals surface area (Å²) in [7, 11) is 0. The third kappa shape index (κ3) is 2.63. The summed E-state index contributed by atoms with van der Waals surface area (Å²) < 4.78 is 6.86. The van der Waals surface area contributed by atoms with Crippen molar-refractivity contribution in [1.82, 2.24) is 9.38 Å². The number of hydrogen-bond donors (Lipinski definition) is 0. The van der Waals surface area contributed by atoms with E-state index < -0.39 is 0 Å². The van der Waals surface area contributed by atoms with E-state index in [4.69, 9.17) is 4.42 Å². The Morgan fingerprint density at radius 3 is 3.00 bits per heavy atom. The van der Waals surface area contributed by atoms with Crippen LogP contribution in [0.25, 0.3) is 5.65 Å². The molecule has 0 spiro atoms. The van der Waals surface area contributed by atoms with Gasteiger partial charge in [0.1, 0.15) is 11.4 Å². The highest BCUT2D eigenvalue weighted by Crippen LogP contribution is 2.17. The van der Waals surface area contributed by atoms with E-state index in [1.54, 1.807) is 34.7 Å². The highest BCUT2D eigenvalue weighted by Gasteiger charge is 2.05. The van der Waals surface area contributed by atoms with Crippen LogP contribution in [0.2, 0.25) is 0 Å².